The van der Waals surface area contributed by atoms with Gasteiger partial charge in [-0.05, 0) is 18.6 Å². The summed E-state index contributed by atoms with van der Waals surface area (Å²) in [6, 6.07) is 4.78. The largest absolute Gasteiger partial charge is 0.419 e. The van der Waals surface area contributed by atoms with Crippen molar-refractivity contribution >= 4 is 17.5 Å². The van der Waals surface area contributed by atoms with Crippen LogP contribution in [-0.2, 0) is 6.18 Å². The first-order valence-corrected chi connectivity index (χ1v) is 7.49. The standard InChI is InChI=1S/C16H14F4N4O/c1-9-11-3-2-4-12(13(11)14(25)24(9)6-5-17)23-15-21-7-10(8-22-15)16(18,19)20/h2-4,7-9H,5-6H2,1H3,(H,21,22,23). The molecule has 1 aromatic carbocycles. The van der Waals surface area contributed by atoms with Crippen LogP contribution >= 0.6 is 0 Å². The molecule has 0 saturated carbocycles. The Kier molecular flexibility index (Phi) is 4.32. The topological polar surface area (TPSA) is 58.1 Å². The molecule has 1 aromatic heterocycles. The van der Waals surface area contributed by atoms with Gasteiger partial charge in [-0.3, -0.25) is 4.79 Å². The molecule has 0 bridgehead atoms. The molecule has 0 fully saturated rings. The lowest BCUT2D eigenvalue weighted by Gasteiger charge is -2.19. The van der Waals surface area contributed by atoms with Gasteiger partial charge in [0.05, 0.1) is 22.9 Å². The van der Waals surface area contributed by atoms with E-state index in [1.807, 2.05) is 0 Å². The van der Waals surface area contributed by atoms with Crippen LogP contribution in [-0.4, -0.2) is 34.0 Å². The summed E-state index contributed by atoms with van der Waals surface area (Å²) in [7, 11) is 0. The maximum Gasteiger partial charge on any atom is 0.419 e. The molecule has 1 N–H and O–H groups in total. The summed E-state index contributed by atoms with van der Waals surface area (Å²) in [5, 5.41) is 2.77. The summed E-state index contributed by atoms with van der Waals surface area (Å²) in [6.45, 7) is 1.11. The van der Waals surface area contributed by atoms with E-state index in [1.165, 1.54) is 4.90 Å². The van der Waals surface area contributed by atoms with Crippen molar-refractivity contribution in [2.75, 3.05) is 18.5 Å². The highest BCUT2D eigenvalue weighted by Crippen LogP contribution is 2.37. The van der Waals surface area contributed by atoms with E-state index in [0.29, 0.717) is 23.6 Å². The molecule has 1 amide bonds. The molecule has 0 saturated heterocycles. The Morgan fingerprint density at radius 1 is 1.24 bits per heavy atom. The second-order valence-corrected chi connectivity index (χ2v) is 5.55. The molecule has 2 heterocycles. The molecule has 1 unspecified atom stereocenters. The van der Waals surface area contributed by atoms with Gasteiger partial charge in [-0.15, -0.1) is 0 Å². The molecule has 132 valence electrons. The van der Waals surface area contributed by atoms with Crippen molar-refractivity contribution in [2.24, 2.45) is 0 Å². The molecular formula is C16H14F4N4O. The average Bonchev–Trinajstić information content (AvgIpc) is 2.81. The Morgan fingerprint density at radius 2 is 1.92 bits per heavy atom. The second kappa shape index (κ2) is 6.30. The third kappa shape index (κ3) is 3.13. The number of nitrogens with one attached hydrogen (secondary N) is 1. The van der Waals surface area contributed by atoms with Crippen molar-refractivity contribution < 1.29 is 22.4 Å². The number of carbonyl (C=O) groups excluding carboxylic acids is 1. The summed E-state index contributed by atoms with van der Waals surface area (Å²) in [5.41, 5.74) is 0.480. The molecule has 9 heteroatoms. The smallest absolute Gasteiger partial charge is 0.329 e. The lowest BCUT2D eigenvalue weighted by Crippen LogP contribution is -2.28. The van der Waals surface area contributed by atoms with Crippen LogP contribution in [0.5, 0.6) is 0 Å². The fourth-order valence-corrected chi connectivity index (χ4v) is 2.79. The first kappa shape index (κ1) is 17.1. The highest BCUT2D eigenvalue weighted by molar-refractivity contribution is 6.04. The number of benzene rings is 1. The van der Waals surface area contributed by atoms with E-state index in [1.54, 1.807) is 25.1 Å². The number of fused-ring (bicyclic) bond motifs is 1. The number of rotatable bonds is 4. The predicted molar refractivity (Wildman–Crippen MR) is 82.2 cm³/mol. The van der Waals surface area contributed by atoms with E-state index < -0.39 is 18.4 Å². The number of aromatic nitrogens is 2. The average molecular weight is 354 g/mol. The lowest BCUT2D eigenvalue weighted by molar-refractivity contribution is -0.138. The summed E-state index contributed by atoms with van der Waals surface area (Å²) in [6.07, 6.45) is -3.19. The Morgan fingerprint density at radius 3 is 2.52 bits per heavy atom. The Bertz CT molecular complexity index is 792. The van der Waals surface area contributed by atoms with Gasteiger partial charge in [-0.25, -0.2) is 14.4 Å². The molecule has 1 atom stereocenters. The molecule has 0 radical (unpaired) electrons. The van der Waals surface area contributed by atoms with E-state index >= 15 is 0 Å². The molecular weight excluding hydrogens is 340 g/mol. The van der Waals surface area contributed by atoms with E-state index in [4.69, 9.17) is 0 Å². The van der Waals surface area contributed by atoms with Crippen LogP contribution in [0, 0.1) is 0 Å². The van der Waals surface area contributed by atoms with Crippen molar-refractivity contribution in [1.82, 2.24) is 14.9 Å². The van der Waals surface area contributed by atoms with Gasteiger partial charge in [-0.2, -0.15) is 13.2 Å². The molecule has 5 nitrogen and oxygen atoms in total. The van der Waals surface area contributed by atoms with Crippen LogP contribution in [0.1, 0.15) is 34.5 Å². The molecule has 1 aliphatic rings. The van der Waals surface area contributed by atoms with Gasteiger partial charge in [0.2, 0.25) is 5.95 Å². The third-order valence-electron chi connectivity index (χ3n) is 4.04. The van der Waals surface area contributed by atoms with Crippen molar-refractivity contribution in [3.8, 4) is 0 Å². The number of anilines is 2. The van der Waals surface area contributed by atoms with E-state index in [9.17, 15) is 22.4 Å². The number of halogens is 4. The fraction of sp³-hybridized carbons (Fsp3) is 0.312. The maximum atomic E-state index is 12.7. The van der Waals surface area contributed by atoms with E-state index in [0.717, 1.165) is 5.56 Å². The molecule has 2 aromatic rings. The number of nitrogens with zero attached hydrogens (tertiary/aromatic N) is 3. The first-order chi connectivity index (χ1) is 11.8. The van der Waals surface area contributed by atoms with Gasteiger partial charge < -0.3 is 10.2 Å². The van der Waals surface area contributed by atoms with E-state index in [2.05, 4.69) is 15.3 Å². The van der Waals surface area contributed by atoms with Crippen molar-refractivity contribution in [1.29, 1.82) is 0 Å². The highest BCUT2D eigenvalue weighted by atomic mass is 19.4. The summed E-state index contributed by atoms with van der Waals surface area (Å²) < 4.78 is 50.3. The highest BCUT2D eigenvalue weighted by Gasteiger charge is 2.36. The van der Waals surface area contributed by atoms with Gasteiger partial charge in [0.25, 0.3) is 5.91 Å². The zero-order chi connectivity index (χ0) is 18.2. The second-order valence-electron chi connectivity index (χ2n) is 5.55. The van der Waals surface area contributed by atoms with Crippen LogP contribution in [0.4, 0.5) is 29.2 Å². The molecule has 0 spiro atoms. The van der Waals surface area contributed by atoms with Crippen LogP contribution in [0.15, 0.2) is 30.6 Å². The SMILES string of the molecule is CC1c2cccc(Nc3ncc(C(F)(F)F)cn3)c2C(=O)N1CCF. The monoisotopic (exact) mass is 354 g/mol. The summed E-state index contributed by atoms with van der Waals surface area (Å²) in [5.74, 6) is -0.402. The zero-order valence-electron chi connectivity index (χ0n) is 13.1. The minimum atomic E-state index is -4.52. The van der Waals surface area contributed by atoms with Gasteiger partial charge in [0, 0.05) is 18.9 Å². The van der Waals surface area contributed by atoms with E-state index in [-0.39, 0.29) is 24.4 Å². The molecule has 1 aliphatic heterocycles. The molecule has 0 aliphatic carbocycles. The number of alkyl halides is 4. The van der Waals surface area contributed by atoms with Gasteiger partial charge >= 0.3 is 6.18 Å². The quantitative estimate of drug-likeness (QED) is 0.850. The normalized spacial score (nSPS) is 16.9. The Hall–Kier alpha value is -2.71. The van der Waals surface area contributed by atoms with Crippen molar-refractivity contribution in [2.45, 2.75) is 19.1 Å². The van der Waals surface area contributed by atoms with Gasteiger partial charge in [0.15, 0.2) is 0 Å². The zero-order valence-corrected chi connectivity index (χ0v) is 13.1. The Labute approximate surface area is 140 Å². The van der Waals surface area contributed by atoms with Crippen molar-refractivity contribution in [3.63, 3.8) is 0 Å². The number of hydrogen-bond acceptors (Lipinski definition) is 4. The van der Waals surface area contributed by atoms with Crippen LogP contribution in [0.25, 0.3) is 0 Å². The first-order valence-electron chi connectivity index (χ1n) is 7.49. The minimum Gasteiger partial charge on any atom is -0.329 e. The minimum absolute atomic E-state index is 0.0229. The molecule has 3 rings (SSSR count). The van der Waals surface area contributed by atoms with Crippen molar-refractivity contribution in [3.05, 3.63) is 47.3 Å². The number of hydrogen-bond donors (Lipinski definition) is 1. The van der Waals surface area contributed by atoms with Crippen LogP contribution < -0.4 is 5.32 Å². The van der Waals surface area contributed by atoms with Gasteiger partial charge in [-0.1, -0.05) is 12.1 Å². The third-order valence-corrected chi connectivity index (χ3v) is 4.04. The number of amides is 1. The Balaban J connectivity index is 1.90. The van der Waals surface area contributed by atoms with Gasteiger partial charge in [0.1, 0.15) is 6.67 Å². The van der Waals surface area contributed by atoms with Crippen LogP contribution in [0.2, 0.25) is 0 Å². The number of carbonyl (C=O) groups is 1. The van der Waals surface area contributed by atoms with Crippen LogP contribution in [0.3, 0.4) is 0 Å². The predicted octanol–water partition coefficient (Wildman–Crippen LogP) is 3.73. The summed E-state index contributed by atoms with van der Waals surface area (Å²) >= 11 is 0. The summed E-state index contributed by atoms with van der Waals surface area (Å²) in [4.78, 5) is 21.2. The molecule has 25 heavy (non-hydrogen) atoms. The maximum absolute atomic E-state index is 12.7. The fourth-order valence-electron chi connectivity index (χ4n) is 2.79. The lowest BCUT2D eigenvalue weighted by atomic mass is 10.0.